The Morgan fingerprint density at radius 3 is 2.10 bits per heavy atom. The van der Waals surface area contributed by atoms with E-state index in [9.17, 15) is 4.79 Å². The number of Topliss-reactive ketones (excluding diaryl/α,β-unsaturated/α-hetero) is 1. The Bertz CT molecular complexity index is 975. The van der Waals surface area contributed by atoms with Crippen molar-refractivity contribution in [3.63, 3.8) is 0 Å². The van der Waals surface area contributed by atoms with E-state index in [-0.39, 0.29) is 30.6 Å². The van der Waals surface area contributed by atoms with Crippen molar-refractivity contribution in [3.05, 3.63) is 87.9 Å². The lowest BCUT2D eigenvalue weighted by Crippen LogP contribution is -2.21. The fraction of sp³-hybridized carbons (Fsp3) is 0.136. The highest BCUT2D eigenvalue weighted by Crippen LogP contribution is 2.28. The third-order valence-corrected chi connectivity index (χ3v) is 5.19. The smallest absolute Gasteiger partial charge is 0.184 e. The Balaban J connectivity index is 0.00000210. The molecule has 0 spiro atoms. The van der Waals surface area contributed by atoms with Gasteiger partial charge in [0.2, 0.25) is 0 Å². The number of carbonyl (C=O) groups is 1. The highest BCUT2D eigenvalue weighted by molar-refractivity contribution is 6.42. The van der Waals surface area contributed by atoms with Gasteiger partial charge in [-0.3, -0.25) is 4.79 Å². The first-order valence-electron chi connectivity index (χ1n) is 8.49. The van der Waals surface area contributed by atoms with E-state index in [0.29, 0.717) is 21.2 Å². The van der Waals surface area contributed by atoms with Crippen molar-refractivity contribution in [3.8, 4) is 11.1 Å². The summed E-state index contributed by atoms with van der Waals surface area (Å²) in [6.45, 7) is 0. The molecular formula is C22H22Cl4N2O. The molecule has 0 heterocycles. The van der Waals surface area contributed by atoms with Crippen molar-refractivity contribution >= 4 is 59.5 Å². The van der Waals surface area contributed by atoms with Crippen molar-refractivity contribution in [1.29, 1.82) is 0 Å². The minimum absolute atomic E-state index is 0. The standard InChI is InChI=1S/C22H20Cl2N2O.2ClH/c1-26(2)18-5-3-4-16(12-18)14-6-8-15(9-7-14)22(27)21(25)17-10-11-19(23)20(24)13-17;;/h3-13,21H,25H2,1-2H3;2*1H. The van der Waals surface area contributed by atoms with Crippen LogP contribution in [-0.4, -0.2) is 19.9 Å². The zero-order valence-corrected chi connectivity index (χ0v) is 19.1. The number of carbonyl (C=O) groups excluding carboxylic acids is 1. The molecule has 0 aliphatic carbocycles. The van der Waals surface area contributed by atoms with Crippen molar-refractivity contribution < 1.29 is 4.79 Å². The summed E-state index contributed by atoms with van der Waals surface area (Å²) in [7, 11) is 4.01. The summed E-state index contributed by atoms with van der Waals surface area (Å²) < 4.78 is 0. The number of ketones is 1. The van der Waals surface area contributed by atoms with Crippen LogP contribution in [0.5, 0.6) is 0 Å². The van der Waals surface area contributed by atoms with Gasteiger partial charge >= 0.3 is 0 Å². The monoisotopic (exact) mass is 470 g/mol. The highest BCUT2D eigenvalue weighted by Gasteiger charge is 2.18. The van der Waals surface area contributed by atoms with Crippen LogP contribution in [0.3, 0.4) is 0 Å². The van der Waals surface area contributed by atoms with Gasteiger partial charge in [0.05, 0.1) is 16.1 Å². The first kappa shape index (κ1) is 25.3. The fourth-order valence-electron chi connectivity index (χ4n) is 2.83. The van der Waals surface area contributed by atoms with Crippen LogP contribution >= 0.6 is 48.0 Å². The number of nitrogens with zero attached hydrogens (tertiary/aromatic N) is 1. The molecule has 3 rings (SSSR count). The second-order valence-electron chi connectivity index (χ2n) is 6.54. The van der Waals surface area contributed by atoms with E-state index in [1.165, 1.54) is 0 Å². The van der Waals surface area contributed by atoms with Gasteiger partial charge < -0.3 is 10.6 Å². The van der Waals surface area contributed by atoms with Gasteiger partial charge in [0.15, 0.2) is 5.78 Å². The van der Waals surface area contributed by atoms with E-state index in [1.54, 1.807) is 30.3 Å². The van der Waals surface area contributed by atoms with E-state index in [4.69, 9.17) is 28.9 Å². The molecule has 0 aromatic heterocycles. The molecule has 0 amide bonds. The SMILES string of the molecule is CN(C)c1cccc(-c2ccc(C(=O)C(N)c3ccc(Cl)c(Cl)c3)cc2)c1.Cl.Cl. The molecule has 0 saturated carbocycles. The molecule has 29 heavy (non-hydrogen) atoms. The number of hydrogen-bond donors (Lipinski definition) is 1. The van der Waals surface area contributed by atoms with E-state index >= 15 is 0 Å². The van der Waals surface area contributed by atoms with Gasteiger partial charge in [-0.05, 0) is 41.0 Å². The Hall–Kier alpha value is -1.75. The largest absolute Gasteiger partial charge is 0.378 e. The highest BCUT2D eigenvalue weighted by atomic mass is 35.5. The van der Waals surface area contributed by atoms with Crippen molar-refractivity contribution in [2.24, 2.45) is 5.73 Å². The predicted octanol–water partition coefficient (Wildman–Crippen LogP) is 6.45. The number of nitrogens with two attached hydrogens (primary N) is 1. The van der Waals surface area contributed by atoms with E-state index in [2.05, 4.69) is 17.0 Å². The summed E-state index contributed by atoms with van der Waals surface area (Å²) in [6.07, 6.45) is 0. The summed E-state index contributed by atoms with van der Waals surface area (Å²) >= 11 is 12.0. The lowest BCUT2D eigenvalue weighted by Gasteiger charge is -2.14. The first-order chi connectivity index (χ1) is 12.9. The molecule has 1 unspecified atom stereocenters. The Morgan fingerprint density at radius 1 is 0.862 bits per heavy atom. The zero-order chi connectivity index (χ0) is 19.6. The van der Waals surface area contributed by atoms with E-state index in [0.717, 1.165) is 16.8 Å². The van der Waals surface area contributed by atoms with Gasteiger partial charge in [0, 0.05) is 25.3 Å². The maximum Gasteiger partial charge on any atom is 0.184 e. The lowest BCUT2D eigenvalue weighted by atomic mass is 9.96. The van der Waals surface area contributed by atoms with Gasteiger partial charge in [-0.1, -0.05) is 65.7 Å². The molecule has 0 radical (unpaired) electrons. The normalized spacial score (nSPS) is 11.1. The molecule has 0 fully saturated rings. The van der Waals surface area contributed by atoms with E-state index < -0.39 is 6.04 Å². The number of rotatable bonds is 5. The molecule has 0 bridgehead atoms. The average molecular weight is 472 g/mol. The van der Waals surface area contributed by atoms with Crippen LogP contribution in [0, 0.1) is 0 Å². The fourth-order valence-corrected chi connectivity index (χ4v) is 3.13. The molecule has 0 saturated heterocycles. The summed E-state index contributed by atoms with van der Waals surface area (Å²) in [4.78, 5) is 14.8. The predicted molar refractivity (Wildman–Crippen MR) is 128 cm³/mol. The maximum atomic E-state index is 12.7. The van der Waals surface area contributed by atoms with Crippen LogP contribution in [0.15, 0.2) is 66.7 Å². The molecule has 1 atom stereocenters. The molecule has 0 aliphatic heterocycles. The van der Waals surface area contributed by atoms with Crippen LogP contribution in [0.25, 0.3) is 11.1 Å². The van der Waals surface area contributed by atoms with Crippen LogP contribution in [0.1, 0.15) is 22.0 Å². The zero-order valence-electron chi connectivity index (χ0n) is 15.9. The molecule has 2 N–H and O–H groups in total. The van der Waals surface area contributed by atoms with Gasteiger partial charge in [-0.25, -0.2) is 0 Å². The summed E-state index contributed by atoms with van der Waals surface area (Å²) in [5.41, 5.74) is 10.6. The van der Waals surface area contributed by atoms with E-state index in [1.807, 2.05) is 38.4 Å². The minimum atomic E-state index is -0.789. The molecule has 3 aromatic carbocycles. The Morgan fingerprint density at radius 2 is 1.52 bits per heavy atom. The second-order valence-corrected chi connectivity index (χ2v) is 7.35. The third-order valence-electron chi connectivity index (χ3n) is 4.45. The van der Waals surface area contributed by atoms with Crippen molar-refractivity contribution in [2.45, 2.75) is 6.04 Å². The molecule has 154 valence electrons. The molecule has 7 heteroatoms. The van der Waals surface area contributed by atoms with Gasteiger partial charge in [0.25, 0.3) is 0 Å². The number of hydrogen-bond acceptors (Lipinski definition) is 3. The van der Waals surface area contributed by atoms with Crippen molar-refractivity contribution in [1.82, 2.24) is 0 Å². The number of benzene rings is 3. The summed E-state index contributed by atoms with van der Waals surface area (Å²) in [6, 6.07) is 19.9. The summed E-state index contributed by atoms with van der Waals surface area (Å²) in [5, 5.41) is 0.818. The molecule has 3 aromatic rings. The topological polar surface area (TPSA) is 46.3 Å². The maximum absolute atomic E-state index is 12.7. The lowest BCUT2D eigenvalue weighted by molar-refractivity contribution is 0.0961. The van der Waals surface area contributed by atoms with Crippen LogP contribution in [-0.2, 0) is 0 Å². The molecule has 3 nitrogen and oxygen atoms in total. The van der Waals surface area contributed by atoms with Crippen molar-refractivity contribution in [2.75, 3.05) is 19.0 Å². The van der Waals surface area contributed by atoms with Crippen LogP contribution in [0.2, 0.25) is 10.0 Å². The first-order valence-corrected chi connectivity index (χ1v) is 9.25. The summed E-state index contributed by atoms with van der Waals surface area (Å²) in [5.74, 6) is -0.165. The van der Waals surface area contributed by atoms with Gasteiger partial charge in [-0.15, -0.1) is 24.8 Å². The molecule has 0 aliphatic rings. The van der Waals surface area contributed by atoms with Crippen LogP contribution in [0.4, 0.5) is 5.69 Å². The Kier molecular flexibility index (Phi) is 9.47. The third kappa shape index (κ3) is 5.88. The molecular weight excluding hydrogens is 450 g/mol. The van der Waals surface area contributed by atoms with Gasteiger partial charge in [-0.2, -0.15) is 0 Å². The number of anilines is 1. The van der Waals surface area contributed by atoms with Gasteiger partial charge in [0.1, 0.15) is 0 Å². The Labute approximate surface area is 193 Å². The second kappa shape index (κ2) is 10.9. The van der Waals surface area contributed by atoms with Crippen LogP contribution < -0.4 is 10.6 Å². The minimum Gasteiger partial charge on any atom is -0.378 e. The average Bonchev–Trinajstić information content (AvgIpc) is 2.69. The number of halogens is 4. The quantitative estimate of drug-likeness (QED) is 0.434.